The van der Waals surface area contributed by atoms with Crippen molar-refractivity contribution in [2.24, 2.45) is 0 Å². The molecule has 1 fully saturated rings. The third kappa shape index (κ3) is 3.78. The molecule has 144 valence electrons. The molecular weight excluding hydrogens is 419 g/mol. The van der Waals surface area contributed by atoms with Crippen LogP contribution in [0, 0.1) is 5.82 Å². The van der Waals surface area contributed by atoms with E-state index in [0.29, 0.717) is 10.9 Å². The van der Waals surface area contributed by atoms with Crippen LogP contribution < -0.4 is 15.4 Å². The summed E-state index contributed by atoms with van der Waals surface area (Å²) in [7, 11) is 0. The van der Waals surface area contributed by atoms with Crippen molar-refractivity contribution in [3.05, 3.63) is 64.8 Å². The summed E-state index contributed by atoms with van der Waals surface area (Å²) in [6.45, 7) is 0. The van der Waals surface area contributed by atoms with E-state index in [0.717, 1.165) is 11.6 Å². The van der Waals surface area contributed by atoms with E-state index in [-0.39, 0.29) is 21.7 Å². The van der Waals surface area contributed by atoms with Gasteiger partial charge in [0.2, 0.25) is 11.1 Å². The summed E-state index contributed by atoms with van der Waals surface area (Å²) in [6, 6.07) is 10.6. The second-order valence-electron chi connectivity index (χ2n) is 5.89. The molecule has 0 aliphatic carbocycles. The minimum atomic E-state index is -0.820. The predicted molar refractivity (Wildman–Crippen MR) is 108 cm³/mol. The summed E-state index contributed by atoms with van der Waals surface area (Å²) in [5.41, 5.74) is 0.200. The standard InChI is InChI=1S/C19H10ClFN4O3S/c20-18-22-8-13(21)17(25-18)28-14-6-5-9-3-1-2-4-10(9)11(14)7-12-15(26)23-19(29)24-16(12)27/h1-8H,(H2,23,24,26,27,29). The monoisotopic (exact) mass is 428 g/mol. The highest BCUT2D eigenvalue weighted by Crippen LogP contribution is 2.34. The number of rotatable bonds is 3. The maximum absolute atomic E-state index is 14.1. The van der Waals surface area contributed by atoms with E-state index in [1.165, 1.54) is 6.08 Å². The molecule has 0 saturated carbocycles. The molecule has 0 bridgehead atoms. The van der Waals surface area contributed by atoms with Crippen LogP contribution in [0.3, 0.4) is 0 Å². The second kappa shape index (κ2) is 7.53. The fourth-order valence-corrected chi connectivity index (χ4v) is 3.08. The smallest absolute Gasteiger partial charge is 0.263 e. The van der Waals surface area contributed by atoms with Crippen LogP contribution in [0.4, 0.5) is 4.39 Å². The maximum Gasteiger partial charge on any atom is 0.263 e. The Morgan fingerprint density at radius 3 is 2.59 bits per heavy atom. The number of carbonyl (C=O) groups is 2. The van der Waals surface area contributed by atoms with E-state index in [1.807, 2.05) is 12.1 Å². The molecule has 0 radical (unpaired) electrons. The van der Waals surface area contributed by atoms with E-state index < -0.39 is 23.5 Å². The summed E-state index contributed by atoms with van der Waals surface area (Å²) in [5.74, 6) is -2.36. The first-order chi connectivity index (χ1) is 13.9. The fourth-order valence-electron chi connectivity index (χ4n) is 2.77. The van der Waals surface area contributed by atoms with Crippen LogP contribution in [-0.2, 0) is 9.59 Å². The minimum absolute atomic E-state index is 0.0794. The molecule has 4 rings (SSSR count). The van der Waals surface area contributed by atoms with Crippen molar-refractivity contribution in [1.82, 2.24) is 20.6 Å². The molecule has 0 atom stereocenters. The van der Waals surface area contributed by atoms with E-state index in [1.54, 1.807) is 24.3 Å². The number of benzene rings is 2. The van der Waals surface area contributed by atoms with Crippen molar-refractivity contribution in [1.29, 1.82) is 0 Å². The van der Waals surface area contributed by atoms with Crippen LogP contribution in [0.1, 0.15) is 5.56 Å². The van der Waals surface area contributed by atoms with Gasteiger partial charge in [0.1, 0.15) is 11.3 Å². The molecule has 2 N–H and O–H groups in total. The van der Waals surface area contributed by atoms with Crippen LogP contribution in [-0.4, -0.2) is 26.9 Å². The second-order valence-corrected chi connectivity index (χ2v) is 6.63. The van der Waals surface area contributed by atoms with E-state index >= 15 is 0 Å². The molecule has 2 heterocycles. The van der Waals surface area contributed by atoms with Crippen molar-refractivity contribution in [3.8, 4) is 11.6 Å². The summed E-state index contributed by atoms with van der Waals surface area (Å²) in [4.78, 5) is 31.8. The quantitative estimate of drug-likeness (QED) is 0.288. The molecule has 29 heavy (non-hydrogen) atoms. The van der Waals surface area contributed by atoms with Crippen LogP contribution in [0.5, 0.6) is 11.6 Å². The van der Waals surface area contributed by atoms with E-state index in [4.69, 9.17) is 28.6 Å². The largest absolute Gasteiger partial charge is 0.436 e. The normalized spacial score (nSPS) is 13.9. The summed E-state index contributed by atoms with van der Waals surface area (Å²) >= 11 is 10.5. The first-order valence-corrected chi connectivity index (χ1v) is 8.97. The summed E-state index contributed by atoms with van der Waals surface area (Å²) < 4.78 is 19.7. The molecular formula is C19H10ClFN4O3S. The Balaban J connectivity index is 1.89. The molecule has 0 unspecified atom stereocenters. The van der Waals surface area contributed by atoms with E-state index in [2.05, 4.69) is 20.6 Å². The number of carbonyl (C=O) groups excluding carboxylic acids is 2. The molecule has 1 aromatic heterocycles. The lowest BCUT2D eigenvalue weighted by Gasteiger charge is -2.17. The van der Waals surface area contributed by atoms with Gasteiger partial charge in [-0.2, -0.15) is 9.37 Å². The third-order valence-corrected chi connectivity index (χ3v) is 4.44. The number of hydrogen-bond acceptors (Lipinski definition) is 6. The fraction of sp³-hybridized carbons (Fsp3) is 0. The van der Waals surface area contributed by atoms with Gasteiger partial charge in [0.15, 0.2) is 5.11 Å². The first-order valence-electron chi connectivity index (χ1n) is 8.18. The Kier molecular flexibility index (Phi) is 4.91. The average molecular weight is 429 g/mol. The Hall–Kier alpha value is -3.43. The number of hydrogen-bond donors (Lipinski definition) is 2. The number of aromatic nitrogens is 2. The van der Waals surface area contributed by atoms with Gasteiger partial charge < -0.3 is 4.74 Å². The van der Waals surface area contributed by atoms with Crippen molar-refractivity contribution in [2.45, 2.75) is 0 Å². The van der Waals surface area contributed by atoms with Gasteiger partial charge in [-0.25, -0.2) is 4.98 Å². The number of fused-ring (bicyclic) bond motifs is 1. The number of nitrogens with one attached hydrogen (secondary N) is 2. The molecule has 1 aliphatic heterocycles. The lowest BCUT2D eigenvalue weighted by atomic mass is 10.00. The van der Waals surface area contributed by atoms with Gasteiger partial charge in [0.25, 0.3) is 17.7 Å². The van der Waals surface area contributed by atoms with Gasteiger partial charge in [0, 0.05) is 5.56 Å². The Morgan fingerprint density at radius 1 is 1.10 bits per heavy atom. The molecule has 2 aromatic carbocycles. The van der Waals surface area contributed by atoms with Gasteiger partial charge in [-0.1, -0.05) is 30.3 Å². The highest BCUT2D eigenvalue weighted by Gasteiger charge is 2.26. The molecule has 1 aliphatic rings. The predicted octanol–water partition coefficient (Wildman–Crippen LogP) is 3.13. The minimum Gasteiger partial charge on any atom is -0.436 e. The highest BCUT2D eigenvalue weighted by molar-refractivity contribution is 7.80. The summed E-state index contributed by atoms with van der Waals surface area (Å²) in [6.07, 6.45) is 2.23. The number of nitrogens with zero attached hydrogens (tertiary/aromatic N) is 2. The van der Waals surface area contributed by atoms with E-state index in [9.17, 15) is 14.0 Å². The molecule has 10 heteroatoms. The Labute approximate surface area is 173 Å². The molecule has 1 saturated heterocycles. The molecule has 0 spiro atoms. The van der Waals surface area contributed by atoms with Crippen LogP contribution in [0.25, 0.3) is 16.8 Å². The third-order valence-electron chi connectivity index (χ3n) is 4.05. The number of ether oxygens (including phenoxy) is 1. The van der Waals surface area contributed by atoms with Crippen LogP contribution in [0.15, 0.2) is 48.2 Å². The first kappa shape index (κ1) is 18.9. The van der Waals surface area contributed by atoms with Crippen molar-refractivity contribution >= 4 is 57.6 Å². The van der Waals surface area contributed by atoms with Crippen molar-refractivity contribution in [2.75, 3.05) is 0 Å². The van der Waals surface area contributed by atoms with Gasteiger partial charge >= 0.3 is 0 Å². The number of halogens is 2. The lowest BCUT2D eigenvalue weighted by Crippen LogP contribution is -2.51. The average Bonchev–Trinajstić information content (AvgIpc) is 2.68. The van der Waals surface area contributed by atoms with Crippen molar-refractivity contribution < 1.29 is 18.7 Å². The van der Waals surface area contributed by atoms with Crippen LogP contribution >= 0.6 is 23.8 Å². The number of thiocarbonyl (C=S) groups is 1. The topological polar surface area (TPSA) is 93.2 Å². The Morgan fingerprint density at radius 2 is 1.83 bits per heavy atom. The maximum atomic E-state index is 14.1. The highest BCUT2D eigenvalue weighted by atomic mass is 35.5. The van der Waals surface area contributed by atoms with Gasteiger partial charge in [-0.05, 0) is 46.7 Å². The van der Waals surface area contributed by atoms with Gasteiger partial charge in [-0.15, -0.1) is 0 Å². The van der Waals surface area contributed by atoms with Crippen LogP contribution in [0.2, 0.25) is 5.28 Å². The molecule has 7 nitrogen and oxygen atoms in total. The Bertz CT molecular complexity index is 1210. The van der Waals surface area contributed by atoms with Gasteiger partial charge in [0.05, 0.1) is 6.20 Å². The zero-order chi connectivity index (χ0) is 20.5. The van der Waals surface area contributed by atoms with Crippen molar-refractivity contribution in [3.63, 3.8) is 0 Å². The number of amides is 2. The molecule has 3 aromatic rings. The van der Waals surface area contributed by atoms with Gasteiger partial charge in [-0.3, -0.25) is 20.2 Å². The zero-order valence-electron chi connectivity index (χ0n) is 14.4. The molecule has 2 amide bonds. The SMILES string of the molecule is O=C1NC(=S)NC(=O)C1=Cc1c(Oc2nc(Cl)ncc2F)ccc2ccccc12. The zero-order valence-corrected chi connectivity index (χ0v) is 16.0. The lowest BCUT2D eigenvalue weighted by molar-refractivity contribution is -0.123. The summed E-state index contributed by atoms with van der Waals surface area (Å²) in [5, 5.41) is 5.95.